The zero-order valence-corrected chi connectivity index (χ0v) is 5.60. The van der Waals surface area contributed by atoms with E-state index in [1.807, 2.05) is 0 Å². The molecule has 0 bridgehead atoms. The summed E-state index contributed by atoms with van der Waals surface area (Å²) < 4.78 is 0. The van der Waals surface area contributed by atoms with E-state index in [2.05, 4.69) is 6.58 Å². The minimum atomic E-state index is -0.139. The van der Waals surface area contributed by atoms with Crippen LogP contribution in [0.1, 0.15) is 25.7 Å². The molecule has 1 aliphatic rings. The molecule has 0 unspecified atom stereocenters. The summed E-state index contributed by atoms with van der Waals surface area (Å²) in [7, 11) is 0. The van der Waals surface area contributed by atoms with Gasteiger partial charge in [-0.05, 0) is 12.8 Å². The molecular weight excluding hydrogens is 112 g/mol. The maximum Gasteiger partial charge on any atom is 0.129 e. The number of hydrogen-bond acceptors (Lipinski definition) is 1. The van der Waals surface area contributed by atoms with Crippen molar-refractivity contribution >= 4 is 6.29 Å². The quantitative estimate of drug-likeness (QED) is 0.406. The normalized spacial score (nSPS) is 23.6. The summed E-state index contributed by atoms with van der Waals surface area (Å²) in [4.78, 5) is 10.5. The van der Waals surface area contributed by atoms with Gasteiger partial charge in [0.25, 0.3) is 0 Å². The first-order valence-electron chi connectivity index (χ1n) is 3.43. The summed E-state index contributed by atoms with van der Waals surface area (Å²) >= 11 is 0. The molecule has 0 aromatic carbocycles. The van der Waals surface area contributed by atoms with Gasteiger partial charge in [0.1, 0.15) is 6.29 Å². The minimum Gasteiger partial charge on any atom is -0.302 e. The smallest absolute Gasteiger partial charge is 0.129 e. The van der Waals surface area contributed by atoms with E-state index in [4.69, 9.17) is 0 Å². The number of aldehydes is 1. The second kappa shape index (κ2) is 2.34. The Labute approximate surface area is 55.8 Å². The zero-order valence-electron chi connectivity index (χ0n) is 5.60. The molecular formula is C8H12O. The fourth-order valence-electron chi connectivity index (χ4n) is 1.40. The SMILES string of the molecule is C=CC1(C=O)CCCC1. The largest absolute Gasteiger partial charge is 0.302 e. The zero-order chi connectivity index (χ0) is 6.74. The molecule has 9 heavy (non-hydrogen) atoms. The average molecular weight is 124 g/mol. The van der Waals surface area contributed by atoms with Crippen molar-refractivity contribution in [1.29, 1.82) is 0 Å². The van der Waals surface area contributed by atoms with Crippen LogP contribution in [-0.2, 0) is 4.79 Å². The van der Waals surface area contributed by atoms with Gasteiger partial charge < -0.3 is 4.79 Å². The lowest BCUT2D eigenvalue weighted by Crippen LogP contribution is -2.13. The van der Waals surface area contributed by atoms with Crippen molar-refractivity contribution in [2.75, 3.05) is 0 Å². The van der Waals surface area contributed by atoms with Crippen LogP contribution < -0.4 is 0 Å². The standard InChI is InChI=1S/C8H12O/c1-2-8(7-9)5-3-4-6-8/h2,7H,1,3-6H2. The van der Waals surface area contributed by atoms with Gasteiger partial charge in [0, 0.05) is 5.41 Å². The third-order valence-electron chi connectivity index (χ3n) is 2.18. The van der Waals surface area contributed by atoms with Crippen molar-refractivity contribution in [1.82, 2.24) is 0 Å². The van der Waals surface area contributed by atoms with Crippen molar-refractivity contribution < 1.29 is 4.79 Å². The molecule has 1 fully saturated rings. The molecule has 1 nitrogen and oxygen atoms in total. The van der Waals surface area contributed by atoms with E-state index in [1.54, 1.807) is 6.08 Å². The molecule has 1 saturated carbocycles. The molecule has 1 rings (SSSR count). The van der Waals surface area contributed by atoms with Crippen molar-refractivity contribution in [2.45, 2.75) is 25.7 Å². The molecule has 0 aliphatic heterocycles. The number of hydrogen-bond donors (Lipinski definition) is 0. The number of carbonyl (C=O) groups is 1. The molecule has 0 aromatic heterocycles. The Balaban J connectivity index is 2.66. The average Bonchev–Trinajstić information content (AvgIpc) is 2.36. The van der Waals surface area contributed by atoms with E-state index in [1.165, 1.54) is 12.8 Å². The van der Waals surface area contributed by atoms with Gasteiger partial charge in [0.05, 0.1) is 0 Å². The van der Waals surface area contributed by atoms with E-state index in [9.17, 15) is 4.79 Å². The fraction of sp³-hybridized carbons (Fsp3) is 0.625. The molecule has 0 atom stereocenters. The first-order chi connectivity index (χ1) is 4.33. The van der Waals surface area contributed by atoms with E-state index in [0.717, 1.165) is 19.1 Å². The van der Waals surface area contributed by atoms with Crippen molar-refractivity contribution in [3.63, 3.8) is 0 Å². The summed E-state index contributed by atoms with van der Waals surface area (Å²) in [5, 5.41) is 0. The maximum atomic E-state index is 10.5. The van der Waals surface area contributed by atoms with Crippen LogP contribution in [0.4, 0.5) is 0 Å². The lowest BCUT2D eigenvalue weighted by atomic mass is 9.89. The van der Waals surface area contributed by atoms with Crippen molar-refractivity contribution in [3.8, 4) is 0 Å². The lowest BCUT2D eigenvalue weighted by molar-refractivity contribution is -0.113. The Morgan fingerprint density at radius 3 is 2.11 bits per heavy atom. The molecule has 0 aromatic rings. The van der Waals surface area contributed by atoms with Crippen molar-refractivity contribution in [2.24, 2.45) is 5.41 Å². The highest BCUT2D eigenvalue weighted by Gasteiger charge is 2.29. The van der Waals surface area contributed by atoms with Gasteiger partial charge >= 0.3 is 0 Å². The van der Waals surface area contributed by atoms with Crippen LogP contribution in [0.15, 0.2) is 12.7 Å². The Bertz CT molecular complexity index is 111. The Morgan fingerprint density at radius 1 is 1.33 bits per heavy atom. The lowest BCUT2D eigenvalue weighted by Gasteiger charge is -2.14. The van der Waals surface area contributed by atoms with Crippen LogP contribution in [0, 0.1) is 5.41 Å². The van der Waals surface area contributed by atoms with Gasteiger partial charge in [-0.25, -0.2) is 0 Å². The molecule has 50 valence electrons. The van der Waals surface area contributed by atoms with Crippen molar-refractivity contribution in [3.05, 3.63) is 12.7 Å². The summed E-state index contributed by atoms with van der Waals surface area (Å²) in [6.07, 6.45) is 7.25. The second-order valence-electron chi connectivity index (χ2n) is 2.76. The van der Waals surface area contributed by atoms with Gasteiger partial charge in [0.2, 0.25) is 0 Å². The predicted octanol–water partition coefficient (Wildman–Crippen LogP) is 1.93. The topological polar surface area (TPSA) is 17.1 Å². The number of allylic oxidation sites excluding steroid dienone is 1. The Hall–Kier alpha value is -0.590. The van der Waals surface area contributed by atoms with Crippen LogP contribution in [0.25, 0.3) is 0 Å². The molecule has 0 spiro atoms. The maximum absolute atomic E-state index is 10.5. The highest BCUT2D eigenvalue weighted by Crippen LogP contribution is 2.36. The molecule has 0 radical (unpaired) electrons. The van der Waals surface area contributed by atoms with Crippen LogP contribution in [0.5, 0.6) is 0 Å². The van der Waals surface area contributed by atoms with Gasteiger partial charge in [-0.3, -0.25) is 0 Å². The molecule has 0 heterocycles. The minimum absolute atomic E-state index is 0.139. The Kier molecular flexibility index (Phi) is 1.70. The van der Waals surface area contributed by atoms with Crippen LogP contribution in [-0.4, -0.2) is 6.29 Å². The third-order valence-corrected chi connectivity index (χ3v) is 2.18. The number of carbonyl (C=O) groups excluding carboxylic acids is 1. The van der Waals surface area contributed by atoms with Gasteiger partial charge in [0.15, 0.2) is 0 Å². The van der Waals surface area contributed by atoms with Gasteiger partial charge in [-0.15, -0.1) is 6.58 Å². The number of rotatable bonds is 2. The molecule has 1 aliphatic carbocycles. The van der Waals surface area contributed by atoms with Gasteiger partial charge in [-0.1, -0.05) is 18.9 Å². The highest BCUT2D eigenvalue weighted by molar-refractivity contribution is 5.62. The summed E-state index contributed by atoms with van der Waals surface area (Å²) in [6.45, 7) is 3.65. The van der Waals surface area contributed by atoms with E-state index in [-0.39, 0.29) is 5.41 Å². The first-order valence-corrected chi connectivity index (χ1v) is 3.43. The van der Waals surface area contributed by atoms with E-state index in [0.29, 0.717) is 0 Å². The molecule has 0 saturated heterocycles. The predicted molar refractivity (Wildman–Crippen MR) is 37.2 cm³/mol. The van der Waals surface area contributed by atoms with E-state index >= 15 is 0 Å². The van der Waals surface area contributed by atoms with Crippen LogP contribution >= 0.6 is 0 Å². The summed E-state index contributed by atoms with van der Waals surface area (Å²) in [6, 6.07) is 0. The third kappa shape index (κ3) is 1.04. The Morgan fingerprint density at radius 2 is 1.89 bits per heavy atom. The summed E-state index contributed by atoms with van der Waals surface area (Å²) in [5.74, 6) is 0. The van der Waals surface area contributed by atoms with Gasteiger partial charge in [-0.2, -0.15) is 0 Å². The monoisotopic (exact) mass is 124 g/mol. The molecule has 0 N–H and O–H groups in total. The molecule has 0 amide bonds. The van der Waals surface area contributed by atoms with Crippen LogP contribution in [0.3, 0.4) is 0 Å². The summed E-state index contributed by atoms with van der Waals surface area (Å²) in [5.41, 5.74) is -0.139. The highest BCUT2D eigenvalue weighted by atomic mass is 16.1. The van der Waals surface area contributed by atoms with Crippen LogP contribution in [0.2, 0.25) is 0 Å². The fourth-order valence-corrected chi connectivity index (χ4v) is 1.40. The first kappa shape index (κ1) is 6.53. The van der Waals surface area contributed by atoms with E-state index < -0.39 is 0 Å². The molecule has 1 heteroatoms. The second-order valence-corrected chi connectivity index (χ2v) is 2.76.